The topological polar surface area (TPSA) is 37.0 Å². The minimum atomic E-state index is 0.629. The van der Waals surface area contributed by atoms with Crippen LogP contribution in [0.5, 0.6) is 0 Å². The Kier molecular flexibility index (Phi) is 5.83. The van der Waals surface area contributed by atoms with Crippen molar-refractivity contribution < 1.29 is 0 Å². The van der Waals surface area contributed by atoms with E-state index in [1.54, 1.807) is 0 Å². The van der Waals surface area contributed by atoms with Gasteiger partial charge in [0, 0.05) is 35.8 Å². The average Bonchev–Trinajstić information content (AvgIpc) is 2.46. The molecule has 0 aliphatic heterocycles. The molecule has 2 N–H and O–H groups in total. The van der Waals surface area contributed by atoms with Crippen LogP contribution in [0.2, 0.25) is 0 Å². The number of aromatic nitrogens is 1. The molecule has 1 heterocycles. The number of pyridine rings is 1. The maximum atomic E-state index is 4.34. The normalized spacial score (nSPS) is 23.1. The summed E-state index contributed by atoms with van der Waals surface area (Å²) in [4.78, 5) is 4.34. The van der Waals surface area contributed by atoms with E-state index in [0.29, 0.717) is 6.04 Å². The van der Waals surface area contributed by atoms with Gasteiger partial charge in [0.15, 0.2) is 0 Å². The highest BCUT2D eigenvalue weighted by Gasteiger charge is 2.20. The van der Waals surface area contributed by atoms with E-state index in [-0.39, 0.29) is 0 Å². The number of thioether (sulfide) groups is 1. The molecule has 1 aliphatic rings. The van der Waals surface area contributed by atoms with Gasteiger partial charge in [0.05, 0.1) is 0 Å². The van der Waals surface area contributed by atoms with Crippen LogP contribution in [-0.4, -0.2) is 29.1 Å². The molecule has 0 amide bonds. The fraction of sp³-hybridized carbons (Fsp3) is 0.667. The Morgan fingerprint density at radius 2 is 2.11 bits per heavy atom. The summed E-state index contributed by atoms with van der Waals surface area (Å²) in [5.41, 5.74) is 1.20. The van der Waals surface area contributed by atoms with Crippen LogP contribution in [0.4, 0.5) is 11.5 Å². The Bertz CT molecular complexity index is 375. The highest BCUT2D eigenvalue weighted by molar-refractivity contribution is 7.99. The van der Waals surface area contributed by atoms with Crippen LogP contribution in [-0.2, 0) is 0 Å². The summed E-state index contributed by atoms with van der Waals surface area (Å²) in [6.07, 6.45) is 10.5. The monoisotopic (exact) mass is 279 g/mol. The minimum Gasteiger partial charge on any atom is -0.382 e. The Balaban J connectivity index is 1.85. The van der Waals surface area contributed by atoms with E-state index in [0.717, 1.165) is 24.0 Å². The largest absolute Gasteiger partial charge is 0.382 e. The molecule has 0 spiro atoms. The lowest BCUT2D eigenvalue weighted by atomic mass is 9.95. The van der Waals surface area contributed by atoms with Crippen molar-refractivity contribution in [3.8, 4) is 0 Å². The quantitative estimate of drug-likeness (QED) is 0.825. The predicted octanol–water partition coefficient (Wildman–Crippen LogP) is 3.99. The van der Waals surface area contributed by atoms with E-state index in [4.69, 9.17) is 0 Å². The van der Waals surface area contributed by atoms with E-state index in [2.05, 4.69) is 40.9 Å². The van der Waals surface area contributed by atoms with Crippen LogP contribution in [0.25, 0.3) is 0 Å². The van der Waals surface area contributed by atoms with Gasteiger partial charge in [-0.2, -0.15) is 11.8 Å². The van der Waals surface area contributed by atoms with Crippen molar-refractivity contribution >= 4 is 23.3 Å². The lowest BCUT2D eigenvalue weighted by Gasteiger charge is -2.28. The lowest BCUT2D eigenvalue weighted by molar-refractivity contribution is 0.473. The number of nitrogens with one attached hydrogen (secondary N) is 2. The Hall–Kier alpha value is -0.900. The molecular weight excluding hydrogens is 254 g/mol. The average molecular weight is 279 g/mol. The smallest absolute Gasteiger partial charge is 0.127 e. The highest BCUT2D eigenvalue weighted by Crippen LogP contribution is 2.28. The number of rotatable bonds is 6. The van der Waals surface area contributed by atoms with E-state index in [1.807, 2.05) is 18.0 Å². The van der Waals surface area contributed by atoms with Gasteiger partial charge in [0.25, 0.3) is 0 Å². The SMILES string of the molecule is CCCNc1cc(NC2CCC(SC)CC2)ccn1. The molecule has 2 rings (SSSR count). The van der Waals surface area contributed by atoms with Gasteiger partial charge in [0.1, 0.15) is 5.82 Å². The van der Waals surface area contributed by atoms with Crippen molar-refractivity contribution in [2.75, 3.05) is 23.4 Å². The van der Waals surface area contributed by atoms with Gasteiger partial charge in [-0.3, -0.25) is 0 Å². The van der Waals surface area contributed by atoms with Gasteiger partial charge < -0.3 is 10.6 Å². The second-order valence-electron chi connectivity index (χ2n) is 5.21. The molecule has 0 unspecified atom stereocenters. The summed E-state index contributed by atoms with van der Waals surface area (Å²) in [7, 11) is 0. The number of hydrogen-bond acceptors (Lipinski definition) is 4. The highest BCUT2D eigenvalue weighted by atomic mass is 32.2. The van der Waals surface area contributed by atoms with Gasteiger partial charge in [-0.25, -0.2) is 4.98 Å². The van der Waals surface area contributed by atoms with Crippen LogP contribution < -0.4 is 10.6 Å². The molecule has 0 aromatic carbocycles. The van der Waals surface area contributed by atoms with E-state index < -0.39 is 0 Å². The lowest BCUT2D eigenvalue weighted by Crippen LogP contribution is -2.27. The van der Waals surface area contributed by atoms with Crippen LogP contribution in [0, 0.1) is 0 Å². The van der Waals surface area contributed by atoms with Crippen LogP contribution in [0.3, 0.4) is 0 Å². The van der Waals surface area contributed by atoms with Crippen LogP contribution >= 0.6 is 11.8 Å². The van der Waals surface area contributed by atoms with Crippen molar-refractivity contribution in [1.82, 2.24) is 4.98 Å². The summed E-state index contributed by atoms with van der Waals surface area (Å²) < 4.78 is 0. The number of hydrogen-bond donors (Lipinski definition) is 2. The Morgan fingerprint density at radius 3 is 2.79 bits per heavy atom. The zero-order valence-corrected chi connectivity index (χ0v) is 12.8. The molecule has 0 atom stereocenters. The second kappa shape index (κ2) is 7.63. The Labute approximate surface area is 121 Å². The molecule has 3 nitrogen and oxygen atoms in total. The molecule has 0 bridgehead atoms. The van der Waals surface area contributed by atoms with Crippen molar-refractivity contribution in [3.63, 3.8) is 0 Å². The first kappa shape index (κ1) is 14.5. The van der Waals surface area contributed by atoms with Gasteiger partial charge in [-0.1, -0.05) is 6.92 Å². The van der Waals surface area contributed by atoms with Gasteiger partial charge in [0.2, 0.25) is 0 Å². The third-order valence-corrected chi connectivity index (χ3v) is 4.83. The summed E-state index contributed by atoms with van der Waals surface area (Å²) >= 11 is 2.02. The predicted molar refractivity (Wildman–Crippen MR) is 86.2 cm³/mol. The zero-order valence-electron chi connectivity index (χ0n) is 12.0. The first-order valence-corrected chi connectivity index (χ1v) is 8.60. The fourth-order valence-corrected chi connectivity index (χ4v) is 3.29. The van der Waals surface area contributed by atoms with E-state index >= 15 is 0 Å². The summed E-state index contributed by atoms with van der Waals surface area (Å²) in [6.45, 7) is 3.15. The minimum absolute atomic E-state index is 0.629. The second-order valence-corrected chi connectivity index (χ2v) is 6.35. The zero-order chi connectivity index (χ0) is 13.5. The fourth-order valence-electron chi connectivity index (χ4n) is 2.55. The summed E-state index contributed by atoms with van der Waals surface area (Å²) in [5, 5.41) is 7.86. The van der Waals surface area contributed by atoms with Crippen molar-refractivity contribution in [2.45, 2.75) is 50.3 Å². The molecule has 1 fully saturated rings. The molecule has 1 saturated carbocycles. The van der Waals surface area contributed by atoms with E-state index in [1.165, 1.54) is 31.4 Å². The standard InChI is InChI=1S/C15H25N3S/c1-3-9-16-15-11-13(8-10-17-15)18-12-4-6-14(19-2)7-5-12/h8,10-12,14H,3-7,9H2,1-2H3,(H2,16,17,18). The third-order valence-electron chi connectivity index (χ3n) is 3.69. The first-order chi connectivity index (χ1) is 9.31. The molecule has 0 saturated heterocycles. The summed E-state index contributed by atoms with van der Waals surface area (Å²) in [5.74, 6) is 0.977. The molecule has 1 aliphatic carbocycles. The van der Waals surface area contributed by atoms with E-state index in [9.17, 15) is 0 Å². The molecular formula is C15H25N3S. The summed E-state index contributed by atoms with van der Waals surface area (Å²) in [6, 6.07) is 4.82. The molecule has 0 radical (unpaired) electrons. The third kappa shape index (κ3) is 4.60. The molecule has 19 heavy (non-hydrogen) atoms. The van der Waals surface area contributed by atoms with Crippen LogP contribution in [0.15, 0.2) is 18.3 Å². The van der Waals surface area contributed by atoms with Crippen molar-refractivity contribution in [3.05, 3.63) is 18.3 Å². The number of anilines is 2. The van der Waals surface area contributed by atoms with Gasteiger partial charge >= 0.3 is 0 Å². The number of nitrogens with zero attached hydrogens (tertiary/aromatic N) is 1. The Morgan fingerprint density at radius 1 is 1.32 bits per heavy atom. The van der Waals surface area contributed by atoms with Gasteiger partial charge in [-0.15, -0.1) is 0 Å². The van der Waals surface area contributed by atoms with Gasteiger partial charge in [-0.05, 0) is 44.4 Å². The van der Waals surface area contributed by atoms with Crippen molar-refractivity contribution in [1.29, 1.82) is 0 Å². The molecule has 1 aromatic rings. The molecule has 1 aromatic heterocycles. The van der Waals surface area contributed by atoms with Crippen molar-refractivity contribution in [2.24, 2.45) is 0 Å². The maximum Gasteiger partial charge on any atom is 0.127 e. The van der Waals surface area contributed by atoms with Crippen LogP contribution in [0.1, 0.15) is 39.0 Å². The molecule has 4 heteroatoms. The molecule has 106 valence electrons. The first-order valence-electron chi connectivity index (χ1n) is 7.31. The maximum absolute atomic E-state index is 4.34.